The van der Waals surface area contributed by atoms with E-state index in [0.29, 0.717) is 5.92 Å². The van der Waals surface area contributed by atoms with E-state index in [0.717, 1.165) is 37.6 Å². The number of hydrogen-bond donors (Lipinski definition) is 2. The molecule has 76 valence electrons. The Kier molecular flexibility index (Phi) is 2.93. The van der Waals surface area contributed by atoms with Crippen LogP contribution in [0.3, 0.4) is 0 Å². The van der Waals surface area contributed by atoms with Gasteiger partial charge < -0.3 is 5.32 Å². The number of piperidine rings is 1. The summed E-state index contributed by atoms with van der Waals surface area (Å²) in [7, 11) is 0. The summed E-state index contributed by atoms with van der Waals surface area (Å²) >= 11 is 0. The minimum atomic E-state index is 0.558. The first kappa shape index (κ1) is 9.40. The molecule has 0 saturated carbocycles. The smallest absolute Gasteiger partial charge is 0.173 e. The maximum absolute atomic E-state index is 4.44. The lowest BCUT2D eigenvalue weighted by Crippen LogP contribution is -2.27. The number of nitrogens with zero attached hydrogens (tertiary/aromatic N) is 2. The van der Waals surface area contributed by atoms with Crippen LogP contribution in [0.2, 0.25) is 0 Å². The van der Waals surface area contributed by atoms with Gasteiger partial charge in [0.1, 0.15) is 5.82 Å². The zero-order valence-corrected chi connectivity index (χ0v) is 8.45. The van der Waals surface area contributed by atoms with Crippen LogP contribution in [0.1, 0.15) is 37.3 Å². The first-order chi connectivity index (χ1) is 6.90. The van der Waals surface area contributed by atoms with Crippen molar-refractivity contribution < 1.29 is 0 Å². The average Bonchev–Trinajstić information content (AvgIpc) is 2.68. The van der Waals surface area contributed by atoms with Gasteiger partial charge in [-0.3, -0.25) is 5.10 Å². The average molecular weight is 192 g/mol. The lowest BCUT2D eigenvalue weighted by molar-refractivity contribution is 0.446. The van der Waals surface area contributed by atoms with Gasteiger partial charge in [-0.1, -0.05) is 6.08 Å². The van der Waals surface area contributed by atoms with E-state index in [4.69, 9.17) is 0 Å². The summed E-state index contributed by atoms with van der Waals surface area (Å²) in [6, 6.07) is 0. The fourth-order valence-corrected chi connectivity index (χ4v) is 1.79. The standard InChI is InChI=1S/C10H16N4/c1-2-3-9-12-10(14-13-9)8-4-6-11-7-5-8/h2-3,8,11H,4-7H2,1H3,(H,12,13,14)/b3-2+. The van der Waals surface area contributed by atoms with E-state index >= 15 is 0 Å². The minimum absolute atomic E-state index is 0.558. The van der Waals surface area contributed by atoms with E-state index in [-0.39, 0.29) is 0 Å². The number of nitrogens with one attached hydrogen (secondary N) is 2. The molecule has 0 amide bonds. The van der Waals surface area contributed by atoms with Crippen molar-refractivity contribution in [3.8, 4) is 0 Å². The molecule has 2 rings (SSSR count). The summed E-state index contributed by atoms with van der Waals surface area (Å²) in [6.07, 6.45) is 6.19. The van der Waals surface area contributed by atoms with Crippen molar-refractivity contribution in [3.63, 3.8) is 0 Å². The molecule has 0 radical (unpaired) electrons. The zero-order chi connectivity index (χ0) is 9.80. The fourth-order valence-electron chi connectivity index (χ4n) is 1.79. The van der Waals surface area contributed by atoms with E-state index in [2.05, 4.69) is 20.5 Å². The molecule has 14 heavy (non-hydrogen) atoms. The van der Waals surface area contributed by atoms with Crippen LogP contribution in [0.5, 0.6) is 0 Å². The highest BCUT2D eigenvalue weighted by molar-refractivity contribution is 5.38. The maximum Gasteiger partial charge on any atom is 0.173 e. The van der Waals surface area contributed by atoms with Crippen molar-refractivity contribution in [2.24, 2.45) is 0 Å². The van der Waals surface area contributed by atoms with Gasteiger partial charge >= 0.3 is 0 Å². The Balaban J connectivity index is 2.07. The van der Waals surface area contributed by atoms with Crippen LogP contribution in [0.15, 0.2) is 6.08 Å². The van der Waals surface area contributed by atoms with Crippen LogP contribution in [0, 0.1) is 0 Å². The zero-order valence-electron chi connectivity index (χ0n) is 8.45. The Morgan fingerprint density at radius 2 is 2.14 bits per heavy atom. The van der Waals surface area contributed by atoms with Gasteiger partial charge in [0, 0.05) is 5.92 Å². The molecule has 2 N–H and O–H groups in total. The van der Waals surface area contributed by atoms with Gasteiger partial charge in [0.25, 0.3) is 0 Å². The molecule has 1 aromatic rings. The predicted molar refractivity (Wildman–Crippen MR) is 55.9 cm³/mol. The van der Waals surface area contributed by atoms with Gasteiger partial charge in [-0.25, -0.2) is 4.98 Å². The first-order valence-electron chi connectivity index (χ1n) is 5.16. The lowest BCUT2D eigenvalue weighted by Gasteiger charge is -2.19. The third-order valence-electron chi connectivity index (χ3n) is 2.56. The number of hydrogen-bond acceptors (Lipinski definition) is 3. The van der Waals surface area contributed by atoms with E-state index in [1.54, 1.807) is 0 Å². The third kappa shape index (κ3) is 2.01. The Hall–Kier alpha value is -1.16. The molecule has 4 nitrogen and oxygen atoms in total. The van der Waals surface area contributed by atoms with Gasteiger partial charge in [-0.15, -0.1) is 0 Å². The molecule has 1 aliphatic rings. The molecule has 1 aliphatic heterocycles. The Morgan fingerprint density at radius 3 is 2.86 bits per heavy atom. The number of rotatable bonds is 2. The van der Waals surface area contributed by atoms with E-state index in [9.17, 15) is 0 Å². The summed E-state index contributed by atoms with van der Waals surface area (Å²) in [5.74, 6) is 2.39. The van der Waals surface area contributed by atoms with Crippen LogP contribution in [0.4, 0.5) is 0 Å². The van der Waals surface area contributed by atoms with E-state index < -0.39 is 0 Å². The molecule has 1 fully saturated rings. The lowest BCUT2D eigenvalue weighted by atomic mass is 9.98. The van der Waals surface area contributed by atoms with Crippen LogP contribution < -0.4 is 5.32 Å². The molecule has 1 saturated heterocycles. The number of H-pyrrole nitrogens is 1. The summed E-state index contributed by atoms with van der Waals surface area (Å²) in [5, 5.41) is 10.5. The summed E-state index contributed by atoms with van der Waals surface area (Å²) < 4.78 is 0. The summed E-state index contributed by atoms with van der Waals surface area (Å²) in [5.41, 5.74) is 0. The van der Waals surface area contributed by atoms with Crippen molar-refractivity contribution in [3.05, 3.63) is 17.7 Å². The highest BCUT2D eigenvalue weighted by atomic mass is 15.2. The fraction of sp³-hybridized carbons (Fsp3) is 0.600. The molecule has 0 atom stereocenters. The highest BCUT2D eigenvalue weighted by Gasteiger charge is 2.18. The second-order valence-electron chi connectivity index (χ2n) is 3.60. The Bertz CT molecular complexity index is 310. The Morgan fingerprint density at radius 1 is 1.36 bits per heavy atom. The second-order valence-corrected chi connectivity index (χ2v) is 3.60. The molecular formula is C10H16N4. The SMILES string of the molecule is C/C=C/c1n[nH]c(C2CCNCC2)n1. The third-order valence-corrected chi connectivity index (χ3v) is 2.56. The molecule has 0 aromatic carbocycles. The quantitative estimate of drug-likeness (QED) is 0.742. The first-order valence-corrected chi connectivity index (χ1v) is 5.16. The van der Waals surface area contributed by atoms with Crippen molar-refractivity contribution in [1.29, 1.82) is 0 Å². The number of aromatic nitrogens is 3. The van der Waals surface area contributed by atoms with E-state index in [1.165, 1.54) is 0 Å². The van der Waals surface area contributed by atoms with Gasteiger partial charge in [-0.05, 0) is 38.9 Å². The molecular weight excluding hydrogens is 176 g/mol. The van der Waals surface area contributed by atoms with Gasteiger partial charge in [0.2, 0.25) is 0 Å². The largest absolute Gasteiger partial charge is 0.317 e. The topological polar surface area (TPSA) is 53.6 Å². The molecule has 0 aliphatic carbocycles. The monoisotopic (exact) mass is 192 g/mol. The highest BCUT2D eigenvalue weighted by Crippen LogP contribution is 2.21. The van der Waals surface area contributed by atoms with Crippen molar-refractivity contribution >= 4 is 6.08 Å². The van der Waals surface area contributed by atoms with Crippen molar-refractivity contribution in [2.45, 2.75) is 25.7 Å². The van der Waals surface area contributed by atoms with Crippen molar-refractivity contribution in [2.75, 3.05) is 13.1 Å². The molecule has 0 bridgehead atoms. The van der Waals surface area contributed by atoms with Crippen LogP contribution >= 0.6 is 0 Å². The Labute approximate surface area is 83.8 Å². The molecule has 0 spiro atoms. The molecule has 4 heteroatoms. The maximum atomic E-state index is 4.44. The van der Waals surface area contributed by atoms with E-state index in [1.807, 2.05) is 19.1 Å². The van der Waals surface area contributed by atoms with Crippen LogP contribution in [0.25, 0.3) is 6.08 Å². The van der Waals surface area contributed by atoms with Crippen LogP contribution in [-0.4, -0.2) is 28.3 Å². The summed E-state index contributed by atoms with van der Waals surface area (Å²) in [6.45, 7) is 4.15. The summed E-state index contributed by atoms with van der Waals surface area (Å²) in [4.78, 5) is 4.44. The van der Waals surface area contributed by atoms with Gasteiger partial charge in [0.05, 0.1) is 0 Å². The normalized spacial score (nSPS) is 19.2. The minimum Gasteiger partial charge on any atom is -0.317 e. The van der Waals surface area contributed by atoms with Crippen LogP contribution in [-0.2, 0) is 0 Å². The molecule has 2 heterocycles. The van der Waals surface area contributed by atoms with Crippen molar-refractivity contribution in [1.82, 2.24) is 20.5 Å². The second kappa shape index (κ2) is 4.37. The number of allylic oxidation sites excluding steroid dienone is 1. The predicted octanol–water partition coefficient (Wildman–Crippen LogP) is 1.30. The van der Waals surface area contributed by atoms with Gasteiger partial charge in [0.15, 0.2) is 5.82 Å². The molecule has 0 unspecified atom stereocenters. The number of aromatic amines is 1. The molecule has 1 aromatic heterocycles. The van der Waals surface area contributed by atoms with Gasteiger partial charge in [-0.2, -0.15) is 5.10 Å².